The van der Waals surface area contributed by atoms with Gasteiger partial charge >= 0.3 is 0 Å². The summed E-state index contributed by atoms with van der Waals surface area (Å²) < 4.78 is 7.54. The summed E-state index contributed by atoms with van der Waals surface area (Å²) in [4.78, 5) is 9.70. The first kappa shape index (κ1) is 14.9. The van der Waals surface area contributed by atoms with Crippen molar-refractivity contribution in [2.24, 2.45) is 0 Å². The topological polar surface area (TPSA) is 45.0 Å². The lowest BCUT2D eigenvalue weighted by atomic mass is 10.3. The molecule has 0 spiro atoms. The number of fused-ring (bicyclic) bond motifs is 1. The summed E-state index contributed by atoms with van der Waals surface area (Å²) >= 11 is 0. The molecule has 2 fully saturated rings. The molecule has 23 heavy (non-hydrogen) atoms. The van der Waals surface area contributed by atoms with Crippen LogP contribution in [0.25, 0.3) is 5.65 Å². The number of aromatic nitrogens is 2. The van der Waals surface area contributed by atoms with Gasteiger partial charge in [0.2, 0.25) is 0 Å². The van der Waals surface area contributed by atoms with E-state index in [2.05, 4.69) is 44.0 Å². The van der Waals surface area contributed by atoms with E-state index in [0.717, 1.165) is 71.1 Å². The lowest BCUT2D eigenvalue weighted by molar-refractivity contribution is 0.0383. The van der Waals surface area contributed by atoms with E-state index in [-0.39, 0.29) is 0 Å². The van der Waals surface area contributed by atoms with Crippen molar-refractivity contribution in [2.45, 2.75) is 6.42 Å². The Labute approximate surface area is 137 Å². The molecule has 2 aliphatic rings. The lowest BCUT2D eigenvalue weighted by Crippen LogP contribution is -2.43. The number of anilines is 1. The van der Waals surface area contributed by atoms with Crippen LogP contribution >= 0.6 is 0 Å². The zero-order valence-electron chi connectivity index (χ0n) is 13.6. The molecule has 0 amide bonds. The van der Waals surface area contributed by atoms with E-state index in [1.54, 1.807) is 0 Å². The molecule has 4 heterocycles. The summed E-state index contributed by atoms with van der Waals surface area (Å²) in [5.74, 6) is 0. The van der Waals surface area contributed by atoms with Gasteiger partial charge in [-0.25, -0.2) is 4.98 Å². The highest BCUT2D eigenvalue weighted by Gasteiger charge is 2.13. The summed E-state index contributed by atoms with van der Waals surface area (Å²) in [7, 11) is 0. The van der Waals surface area contributed by atoms with E-state index in [4.69, 9.17) is 9.72 Å². The molecular weight excluding hydrogens is 290 g/mol. The number of imidazole rings is 1. The van der Waals surface area contributed by atoms with E-state index in [1.807, 2.05) is 0 Å². The normalized spacial score (nSPS) is 20.3. The number of nitrogens with zero attached hydrogens (tertiary/aromatic N) is 4. The number of hydrogen-bond acceptors (Lipinski definition) is 5. The molecule has 1 N–H and O–H groups in total. The maximum absolute atomic E-state index is 5.40. The van der Waals surface area contributed by atoms with Crippen molar-refractivity contribution in [1.82, 2.24) is 19.6 Å². The van der Waals surface area contributed by atoms with Gasteiger partial charge in [0.1, 0.15) is 5.65 Å². The van der Waals surface area contributed by atoms with Gasteiger partial charge in [0.05, 0.1) is 18.9 Å². The molecule has 0 radical (unpaired) electrons. The quantitative estimate of drug-likeness (QED) is 0.896. The number of pyridine rings is 1. The van der Waals surface area contributed by atoms with Crippen LogP contribution in [0.2, 0.25) is 0 Å². The van der Waals surface area contributed by atoms with Crippen LogP contribution in [0, 0.1) is 0 Å². The molecule has 2 saturated heterocycles. The van der Waals surface area contributed by atoms with Crippen molar-refractivity contribution in [3.63, 3.8) is 0 Å². The third-order valence-electron chi connectivity index (χ3n) is 4.76. The number of nitrogens with one attached hydrogen (secondary N) is 1. The van der Waals surface area contributed by atoms with Crippen LogP contribution in [-0.2, 0) is 11.2 Å². The van der Waals surface area contributed by atoms with E-state index in [0.29, 0.717) is 0 Å². The summed E-state index contributed by atoms with van der Waals surface area (Å²) in [5.41, 5.74) is 3.51. The van der Waals surface area contributed by atoms with Gasteiger partial charge in [0.15, 0.2) is 0 Å². The van der Waals surface area contributed by atoms with Gasteiger partial charge in [-0.3, -0.25) is 4.90 Å². The number of rotatable bonds is 4. The van der Waals surface area contributed by atoms with Gasteiger partial charge in [-0.2, -0.15) is 0 Å². The zero-order chi connectivity index (χ0) is 15.5. The lowest BCUT2D eigenvalue weighted by Gasteiger charge is -2.29. The number of piperazine rings is 1. The highest BCUT2D eigenvalue weighted by molar-refractivity contribution is 5.57. The molecule has 4 rings (SSSR count). The first-order valence-corrected chi connectivity index (χ1v) is 8.62. The van der Waals surface area contributed by atoms with Crippen molar-refractivity contribution in [3.8, 4) is 0 Å². The fourth-order valence-electron chi connectivity index (χ4n) is 3.36. The maximum atomic E-state index is 5.40. The number of hydrogen-bond donors (Lipinski definition) is 1. The first-order valence-electron chi connectivity index (χ1n) is 8.62. The Kier molecular flexibility index (Phi) is 4.46. The minimum absolute atomic E-state index is 0.860. The van der Waals surface area contributed by atoms with Crippen molar-refractivity contribution in [3.05, 3.63) is 30.2 Å². The third-order valence-corrected chi connectivity index (χ3v) is 4.76. The fraction of sp³-hybridized carbons (Fsp3) is 0.588. The van der Waals surface area contributed by atoms with Gasteiger partial charge in [-0.05, 0) is 6.07 Å². The van der Waals surface area contributed by atoms with E-state index < -0.39 is 0 Å². The molecule has 0 bridgehead atoms. The Morgan fingerprint density at radius 1 is 1.13 bits per heavy atom. The Morgan fingerprint density at radius 2 is 1.96 bits per heavy atom. The molecule has 2 aliphatic heterocycles. The highest BCUT2D eigenvalue weighted by Crippen LogP contribution is 2.18. The first-order chi connectivity index (χ1) is 11.4. The van der Waals surface area contributed by atoms with Crippen molar-refractivity contribution >= 4 is 11.3 Å². The Balaban J connectivity index is 1.44. The smallest absolute Gasteiger partial charge is 0.139 e. The summed E-state index contributed by atoms with van der Waals surface area (Å²) in [6.07, 6.45) is 5.31. The molecule has 0 unspecified atom stereocenters. The second-order valence-electron chi connectivity index (χ2n) is 6.32. The molecule has 6 nitrogen and oxygen atoms in total. The predicted molar refractivity (Wildman–Crippen MR) is 91.2 cm³/mol. The molecule has 0 atom stereocenters. The zero-order valence-corrected chi connectivity index (χ0v) is 13.6. The van der Waals surface area contributed by atoms with Crippen LogP contribution in [-0.4, -0.2) is 73.3 Å². The maximum Gasteiger partial charge on any atom is 0.139 e. The highest BCUT2D eigenvalue weighted by atomic mass is 16.5. The second kappa shape index (κ2) is 6.86. The average Bonchev–Trinajstić information content (AvgIpc) is 3.04. The van der Waals surface area contributed by atoms with Crippen LogP contribution in [0.1, 0.15) is 5.69 Å². The second-order valence-corrected chi connectivity index (χ2v) is 6.32. The summed E-state index contributed by atoms with van der Waals surface area (Å²) in [5, 5.41) is 3.40. The van der Waals surface area contributed by atoms with Gasteiger partial charge in [0, 0.05) is 76.4 Å². The molecule has 0 aliphatic carbocycles. The minimum atomic E-state index is 0.860. The van der Waals surface area contributed by atoms with Crippen LogP contribution in [0.4, 0.5) is 5.69 Å². The monoisotopic (exact) mass is 315 g/mol. The van der Waals surface area contributed by atoms with Gasteiger partial charge in [-0.1, -0.05) is 0 Å². The molecule has 0 saturated carbocycles. The van der Waals surface area contributed by atoms with Crippen molar-refractivity contribution < 1.29 is 4.74 Å². The van der Waals surface area contributed by atoms with Gasteiger partial charge in [-0.15, -0.1) is 0 Å². The summed E-state index contributed by atoms with van der Waals surface area (Å²) in [6, 6.07) is 4.41. The average molecular weight is 315 g/mol. The van der Waals surface area contributed by atoms with Gasteiger partial charge < -0.3 is 19.4 Å². The predicted octanol–water partition coefficient (Wildman–Crippen LogP) is 0.619. The fourth-order valence-corrected chi connectivity index (χ4v) is 3.36. The Hall–Kier alpha value is -1.63. The third kappa shape index (κ3) is 3.49. The SMILES string of the molecule is c1cn2cc(CCN3CCOCC3)nc2cc1N1CCNCC1. The standard InChI is InChI=1S/C17H25N5O/c1(5-20-9-11-23-12-10-20)15-14-22-6-2-16(13-17(22)19-15)21-7-3-18-4-8-21/h2,6,13-14,18H,1,3-5,7-12H2. The largest absolute Gasteiger partial charge is 0.379 e. The molecule has 2 aromatic heterocycles. The van der Waals surface area contributed by atoms with Crippen molar-refractivity contribution in [1.29, 1.82) is 0 Å². The Morgan fingerprint density at radius 3 is 2.78 bits per heavy atom. The molecule has 124 valence electrons. The molecular formula is C17H25N5O. The Bertz CT molecular complexity index is 643. The van der Waals surface area contributed by atoms with Crippen LogP contribution in [0.3, 0.4) is 0 Å². The number of morpholine rings is 1. The van der Waals surface area contributed by atoms with Crippen molar-refractivity contribution in [2.75, 3.05) is 63.9 Å². The van der Waals surface area contributed by atoms with Crippen LogP contribution < -0.4 is 10.2 Å². The van der Waals surface area contributed by atoms with E-state index >= 15 is 0 Å². The number of ether oxygens (including phenoxy) is 1. The molecule has 6 heteroatoms. The molecule has 0 aromatic carbocycles. The molecule has 2 aromatic rings. The van der Waals surface area contributed by atoms with E-state index in [9.17, 15) is 0 Å². The summed E-state index contributed by atoms with van der Waals surface area (Å²) in [6.45, 7) is 9.13. The van der Waals surface area contributed by atoms with Crippen LogP contribution in [0.5, 0.6) is 0 Å². The van der Waals surface area contributed by atoms with Gasteiger partial charge in [0.25, 0.3) is 0 Å². The van der Waals surface area contributed by atoms with Crippen LogP contribution in [0.15, 0.2) is 24.5 Å². The minimum Gasteiger partial charge on any atom is -0.379 e. The van der Waals surface area contributed by atoms with E-state index in [1.165, 1.54) is 11.4 Å².